The van der Waals surface area contributed by atoms with E-state index in [4.69, 9.17) is 14.3 Å². The molecule has 1 atom stereocenters. The molecule has 0 fully saturated rings. The summed E-state index contributed by atoms with van der Waals surface area (Å²) in [6.45, 7) is 9.83. The molecule has 0 bridgehead atoms. The van der Waals surface area contributed by atoms with E-state index in [1.807, 2.05) is 34.6 Å². The minimum absolute atomic E-state index is 0.185. The number of aromatic carboxylic acids is 1. The van der Waals surface area contributed by atoms with Crippen molar-refractivity contribution in [1.29, 1.82) is 0 Å². The Kier molecular flexibility index (Phi) is 3.61. The Morgan fingerprint density at radius 2 is 2.00 bits per heavy atom. The van der Waals surface area contributed by atoms with Crippen LogP contribution < -0.4 is 0 Å². The van der Waals surface area contributed by atoms with Crippen LogP contribution in [0.15, 0.2) is 22.6 Å². The van der Waals surface area contributed by atoms with Crippen molar-refractivity contribution in [1.82, 2.24) is 0 Å². The highest BCUT2D eigenvalue weighted by molar-refractivity contribution is 5.94. The third-order valence-electron chi connectivity index (χ3n) is 3.12. The average Bonchev–Trinajstić information content (AvgIpc) is 2.64. The van der Waals surface area contributed by atoms with Crippen LogP contribution in [0.1, 0.15) is 55.5 Å². The van der Waals surface area contributed by atoms with E-state index in [9.17, 15) is 4.79 Å². The molecule has 1 unspecified atom stereocenters. The third kappa shape index (κ3) is 2.85. The molecule has 108 valence electrons. The van der Waals surface area contributed by atoms with Crippen molar-refractivity contribution in [2.75, 3.05) is 0 Å². The van der Waals surface area contributed by atoms with Gasteiger partial charge in [-0.1, -0.05) is 0 Å². The Hall–Kier alpha value is -1.81. The summed E-state index contributed by atoms with van der Waals surface area (Å²) in [7, 11) is 0. The summed E-state index contributed by atoms with van der Waals surface area (Å²) in [5.74, 6) is -0.189. The van der Waals surface area contributed by atoms with Crippen LogP contribution in [0.5, 0.6) is 0 Å². The number of fused-ring (bicyclic) bond motifs is 1. The second-order valence-electron chi connectivity index (χ2n) is 5.98. The molecule has 0 saturated carbocycles. The van der Waals surface area contributed by atoms with Crippen molar-refractivity contribution in [2.24, 2.45) is 0 Å². The molecule has 1 N–H and O–H groups in total. The smallest absolute Gasteiger partial charge is 0.335 e. The summed E-state index contributed by atoms with van der Waals surface area (Å²) in [6, 6.07) is 4.88. The summed E-state index contributed by atoms with van der Waals surface area (Å²) in [5, 5.41) is 9.87. The lowest BCUT2D eigenvalue weighted by atomic mass is 10.1. The van der Waals surface area contributed by atoms with Gasteiger partial charge in [-0.25, -0.2) is 4.79 Å². The van der Waals surface area contributed by atoms with Crippen molar-refractivity contribution in [3.05, 3.63) is 35.1 Å². The first kappa shape index (κ1) is 14.6. The molecule has 2 aromatic rings. The molecule has 1 heterocycles. The van der Waals surface area contributed by atoms with Crippen molar-refractivity contribution >= 4 is 16.9 Å². The minimum atomic E-state index is -0.937. The molecule has 0 aliphatic rings. The first-order valence-corrected chi connectivity index (χ1v) is 6.63. The van der Waals surface area contributed by atoms with E-state index in [1.54, 1.807) is 18.2 Å². The highest BCUT2D eigenvalue weighted by atomic mass is 16.5. The predicted molar refractivity (Wildman–Crippen MR) is 77.2 cm³/mol. The monoisotopic (exact) mass is 276 g/mol. The van der Waals surface area contributed by atoms with Gasteiger partial charge in [0.15, 0.2) is 0 Å². The molecule has 1 aromatic carbocycles. The van der Waals surface area contributed by atoms with Gasteiger partial charge in [-0.3, -0.25) is 0 Å². The van der Waals surface area contributed by atoms with Crippen LogP contribution in [0, 0.1) is 6.92 Å². The van der Waals surface area contributed by atoms with Crippen molar-refractivity contribution in [2.45, 2.75) is 46.3 Å². The maximum absolute atomic E-state index is 11.0. The quantitative estimate of drug-likeness (QED) is 0.907. The van der Waals surface area contributed by atoms with Gasteiger partial charge in [0, 0.05) is 10.9 Å². The van der Waals surface area contributed by atoms with E-state index in [0.717, 1.165) is 16.7 Å². The Balaban J connectivity index is 2.46. The number of ether oxygens (including phenoxy) is 1. The number of aryl methyl sites for hydroxylation is 1. The van der Waals surface area contributed by atoms with Gasteiger partial charge in [0.25, 0.3) is 0 Å². The van der Waals surface area contributed by atoms with E-state index >= 15 is 0 Å². The SMILES string of the molecule is Cc1c(C(C)OC(C)(C)C)oc2ccc(C(=O)O)cc12. The molecule has 4 nitrogen and oxygen atoms in total. The molecule has 1 aromatic heterocycles. The minimum Gasteiger partial charge on any atom is -0.478 e. The number of benzene rings is 1. The van der Waals surface area contributed by atoms with Gasteiger partial charge in [0.2, 0.25) is 0 Å². The van der Waals surface area contributed by atoms with Crippen LogP contribution in [0.3, 0.4) is 0 Å². The van der Waals surface area contributed by atoms with Gasteiger partial charge in [0.1, 0.15) is 17.4 Å². The van der Waals surface area contributed by atoms with Crippen LogP contribution in [-0.2, 0) is 4.74 Å². The average molecular weight is 276 g/mol. The normalized spacial score (nSPS) is 13.7. The molecule has 4 heteroatoms. The Morgan fingerprint density at radius 3 is 2.55 bits per heavy atom. The Labute approximate surface area is 118 Å². The molecule has 0 amide bonds. The Morgan fingerprint density at radius 1 is 1.35 bits per heavy atom. The largest absolute Gasteiger partial charge is 0.478 e. The maximum Gasteiger partial charge on any atom is 0.335 e. The lowest BCUT2D eigenvalue weighted by Crippen LogP contribution is -2.21. The highest BCUT2D eigenvalue weighted by Gasteiger charge is 2.22. The number of carbonyl (C=O) groups is 1. The number of furan rings is 1. The first-order valence-electron chi connectivity index (χ1n) is 6.63. The van der Waals surface area contributed by atoms with Gasteiger partial charge in [0.05, 0.1) is 11.2 Å². The third-order valence-corrected chi connectivity index (χ3v) is 3.12. The fourth-order valence-corrected chi connectivity index (χ4v) is 2.34. The molecule has 0 saturated heterocycles. The number of carboxylic acids is 1. The van der Waals surface area contributed by atoms with Gasteiger partial charge < -0.3 is 14.3 Å². The molecule has 2 rings (SSSR count). The van der Waals surface area contributed by atoms with Gasteiger partial charge >= 0.3 is 5.97 Å². The number of rotatable bonds is 3. The van der Waals surface area contributed by atoms with E-state index in [2.05, 4.69) is 0 Å². The van der Waals surface area contributed by atoms with E-state index in [0.29, 0.717) is 5.58 Å². The summed E-state index contributed by atoms with van der Waals surface area (Å²) < 4.78 is 11.7. The van der Waals surface area contributed by atoms with Gasteiger partial charge in [-0.2, -0.15) is 0 Å². The lowest BCUT2D eigenvalue weighted by Gasteiger charge is -2.24. The summed E-state index contributed by atoms with van der Waals surface area (Å²) in [4.78, 5) is 11.0. The van der Waals surface area contributed by atoms with Crippen molar-refractivity contribution < 1.29 is 19.1 Å². The second kappa shape index (κ2) is 4.94. The zero-order valence-electron chi connectivity index (χ0n) is 12.5. The van der Waals surface area contributed by atoms with Crippen LogP contribution in [0.25, 0.3) is 11.0 Å². The number of hydrogen-bond donors (Lipinski definition) is 1. The lowest BCUT2D eigenvalue weighted by molar-refractivity contribution is -0.0611. The fraction of sp³-hybridized carbons (Fsp3) is 0.438. The summed E-state index contributed by atoms with van der Waals surface area (Å²) >= 11 is 0. The zero-order chi connectivity index (χ0) is 15.1. The van der Waals surface area contributed by atoms with Crippen molar-refractivity contribution in [3.63, 3.8) is 0 Å². The topological polar surface area (TPSA) is 59.7 Å². The number of hydrogen-bond acceptors (Lipinski definition) is 3. The summed E-state index contributed by atoms with van der Waals surface area (Å²) in [6.07, 6.45) is -0.185. The van der Waals surface area contributed by atoms with Crippen LogP contribution >= 0.6 is 0 Å². The number of carboxylic acid groups (broad SMARTS) is 1. The van der Waals surface area contributed by atoms with Gasteiger partial charge in [-0.05, 0) is 52.8 Å². The van der Waals surface area contributed by atoms with Crippen LogP contribution in [0.4, 0.5) is 0 Å². The zero-order valence-corrected chi connectivity index (χ0v) is 12.5. The van der Waals surface area contributed by atoms with Crippen molar-refractivity contribution in [3.8, 4) is 0 Å². The molecule has 0 spiro atoms. The predicted octanol–water partition coefficient (Wildman–Crippen LogP) is 4.32. The van der Waals surface area contributed by atoms with Crippen LogP contribution in [-0.4, -0.2) is 16.7 Å². The van der Waals surface area contributed by atoms with Crippen LogP contribution in [0.2, 0.25) is 0 Å². The molecule has 0 aliphatic carbocycles. The standard InChI is InChI=1S/C16H20O4/c1-9-12-8-11(15(17)18)6-7-13(12)19-14(9)10(2)20-16(3,4)5/h6-8,10H,1-5H3,(H,17,18). The maximum atomic E-state index is 11.0. The second-order valence-corrected chi connectivity index (χ2v) is 5.98. The van der Waals surface area contributed by atoms with Gasteiger partial charge in [-0.15, -0.1) is 0 Å². The fourth-order valence-electron chi connectivity index (χ4n) is 2.34. The van der Waals surface area contributed by atoms with E-state index < -0.39 is 5.97 Å². The molecule has 20 heavy (non-hydrogen) atoms. The molecular weight excluding hydrogens is 256 g/mol. The van der Waals surface area contributed by atoms with E-state index in [-0.39, 0.29) is 17.3 Å². The molecule has 0 aliphatic heterocycles. The molecular formula is C16H20O4. The highest BCUT2D eigenvalue weighted by Crippen LogP contribution is 2.33. The molecule has 0 radical (unpaired) electrons. The first-order chi connectivity index (χ1) is 9.19. The summed E-state index contributed by atoms with van der Waals surface area (Å²) in [5.41, 5.74) is 1.61. The Bertz CT molecular complexity index is 646. The van der Waals surface area contributed by atoms with E-state index in [1.165, 1.54) is 0 Å².